The molecule has 0 spiro atoms. The van der Waals surface area contributed by atoms with Crippen molar-refractivity contribution < 1.29 is 0 Å². The Morgan fingerprint density at radius 1 is 1.09 bits per heavy atom. The minimum atomic E-state index is -0.160. The molecule has 0 aliphatic heterocycles. The molecule has 3 aliphatic carbocycles. The van der Waals surface area contributed by atoms with Gasteiger partial charge in [0.05, 0.1) is 11.4 Å². The maximum absolute atomic E-state index is 5.15. The van der Waals surface area contributed by atoms with E-state index in [9.17, 15) is 0 Å². The summed E-state index contributed by atoms with van der Waals surface area (Å²) in [7, 11) is 0. The number of hydrogen-bond acceptors (Lipinski definition) is 2. The summed E-state index contributed by atoms with van der Waals surface area (Å²) in [6, 6.07) is 10.7. The summed E-state index contributed by atoms with van der Waals surface area (Å²) >= 11 is 0. The minimum Gasteiger partial charge on any atom is -0.260 e. The van der Waals surface area contributed by atoms with Gasteiger partial charge in [-0.25, -0.2) is 0 Å². The Hall–Kier alpha value is -1.70. The third-order valence-corrected chi connectivity index (χ3v) is 6.66. The second kappa shape index (κ2) is 4.66. The standard InChI is InChI=1S/C21H26N2/c1-13-15-12-16(20(15,2)3)14-9-10-18(23-19(13)14)21(4,5)17-8-6-7-11-22-17/h6-11,13,15-16H,12H2,1-5H3/t13-,15+,16-/m0/s1. The summed E-state index contributed by atoms with van der Waals surface area (Å²) in [5.74, 6) is 2.03. The lowest BCUT2D eigenvalue weighted by atomic mass is 9.45. The average molecular weight is 306 g/mol. The van der Waals surface area contributed by atoms with Crippen LogP contribution in [-0.2, 0) is 5.41 Å². The van der Waals surface area contributed by atoms with E-state index >= 15 is 0 Å². The Bertz CT molecular complexity index is 746. The van der Waals surface area contributed by atoms with Crippen LogP contribution in [0.2, 0.25) is 0 Å². The minimum absolute atomic E-state index is 0.160. The molecule has 0 N–H and O–H groups in total. The van der Waals surface area contributed by atoms with E-state index < -0.39 is 0 Å². The quantitative estimate of drug-likeness (QED) is 0.776. The zero-order valence-corrected chi connectivity index (χ0v) is 14.8. The molecule has 0 saturated heterocycles. The van der Waals surface area contributed by atoms with Gasteiger partial charge in [-0.2, -0.15) is 0 Å². The van der Waals surface area contributed by atoms with Crippen molar-refractivity contribution >= 4 is 0 Å². The molecule has 2 heteroatoms. The monoisotopic (exact) mass is 306 g/mol. The zero-order valence-electron chi connectivity index (χ0n) is 14.8. The van der Waals surface area contributed by atoms with Crippen molar-refractivity contribution in [3.63, 3.8) is 0 Å². The third-order valence-electron chi connectivity index (χ3n) is 6.66. The number of pyridine rings is 2. The highest BCUT2D eigenvalue weighted by molar-refractivity contribution is 5.42. The third kappa shape index (κ3) is 1.93. The van der Waals surface area contributed by atoms with E-state index in [0.717, 1.165) is 17.3 Å². The molecule has 0 unspecified atom stereocenters. The lowest BCUT2D eigenvalue weighted by Gasteiger charge is -2.59. The van der Waals surface area contributed by atoms with Gasteiger partial charge in [0.2, 0.25) is 0 Å². The highest BCUT2D eigenvalue weighted by Gasteiger charge is 2.56. The number of nitrogens with zero attached hydrogens (tertiary/aromatic N) is 2. The molecule has 2 heterocycles. The van der Waals surface area contributed by atoms with E-state index in [1.165, 1.54) is 17.7 Å². The predicted octanol–water partition coefficient (Wildman–Crippen LogP) is 5.05. The van der Waals surface area contributed by atoms with E-state index in [1.807, 2.05) is 12.3 Å². The molecular weight excluding hydrogens is 280 g/mol. The van der Waals surface area contributed by atoms with Gasteiger partial charge in [-0.15, -0.1) is 0 Å². The molecule has 2 aromatic heterocycles. The molecule has 1 saturated carbocycles. The predicted molar refractivity (Wildman–Crippen MR) is 93.6 cm³/mol. The Morgan fingerprint density at radius 2 is 1.87 bits per heavy atom. The van der Waals surface area contributed by atoms with Gasteiger partial charge in [0.25, 0.3) is 0 Å². The highest BCUT2D eigenvalue weighted by atomic mass is 14.8. The summed E-state index contributed by atoms with van der Waals surface area (Å²) in [4.78, 5) is 9.71. The Labute approximate surface area is 139 Å². The fourth-order valence-corrected chi connectivity index (χ4v) is 4.88. The van der Waals surface area contributed by atoms with E-state index in [-0.39, 0.29) is 5.41 Å². The summed E-state index contributed by atoms with van der Waals surface area (Å²) in [6.07, 6.45) is 3.21. The van der Waals surface area contributed by atoms with Gasteiger partial charge < -0.3 is 0 Å². The van der Waals surface area contributed by atoms with Gasteiger partial charge in [0.15, 0.2) is 0 Å². The van der Waals surface area contributed by atoms with Crippen LogP contribution in [0.25, 0.3) is 0 Å². The summed E-state index contributed by atoms with van der Waals surface area (Å²) in [6.45, 7) is 11.7. The van der Waals surface area contributed by atoms with Crippen LogP contribution in [0.5, 0.6) is 0 Å². The molecule has 23 heavy (non-hydrogen) atoms. The van der Waals surface area contributed by atoms with Crippen molar-refractivity contribution in [2.24, 2.45) is 11.3 Å². The lowest BCUT2D eigenvalue weighted by Crippen LogP contribution is -2.50. The molecule has 3 aliphatic rings. The molecule has 0 aromatic carbocycles. The maximum Gasteiger partial charge on any atom is 0.0523 e. The van der Waals surface area contributed by atoms with Crippen LogP contribution in [0, 0.1) is 11.3 Å². The van der Waals surface area contributed by atoms with Crippen molar-refractivity contribution in [3.05, 3.63) is 59.2 Å². The SMILES string of the molecule is C[C@@H]1c2nc(C(C)(C)c3ccccn3)ccc2[C@@H]2C[C@H]1C2(C)C. The van der Waals surface area contributed by atoms with Gasteiger partial charge in [0, 0.05) is 23.2 Å². The summed E-state index contributed by atoms with van der Waals surface area (Å²) in [5.41, 5.74) is 5.33. The molecule has 2 bridgehead atoms. The van der Waals surface area contributed by atoms with Crippen LogP contribution in [0.15, 0.2) is 36.5 Å². The molecule has 2 aromatic rings. The van der Waals surface area contributed by atoms with Crippen molar-refractivity contribution in [1.82, 2.24) is 9.97 Å². The van der Waals surface area contributed by atoms with E-state index in [4.69, 9.17) is 4.98 Å². The largest absolute Gasteiger partial charge is 0.260 e. The first kappa shape index (κ1) is 14.9. The van der Waals surface area contributed by atoms with Crippen molar-refractivity contribution in [1.29, 1.82) is 0 Å². The molecule has 0 radical (unpaired) electrons. The first-order valence-corrected chi connectivity index (χ1v) is 8.76. The van der Waals surface area contributed by atoms with E-state index in [2.05, 4.69) is 63.9 Å². The first-order chi connectivity index (χ1) is 10.8. The van der Waals surface area contributed by atoms with Crippen LogP contribution in [0.4, 0.5) is 0 Å². The molecule has 3 atom stereocenters. The van der Waals surface area contributed by atoms with Crippen molar-refractivity contribution in [3.8, 4) is 0 Å². The Balaban J connectivity index is 1.79. The molecule has 1 fully saturated rings. The highest BCUT2D eigenvalue weighted by Crippen LogP contribution is 2.66. The molecule has 120 valence electrons. The van der Waals surface area contributed by atoms with Gasteiger partial charge in [-0.1, -0.05) is 32.9 Å². The smallest absolute Gasteiger partial charge is 0.0523 e. The second-order valence-corrected chi connectivity index (χ2v) is 8.52. The topological polar surface area (TPSA) is 25.8 Å². The van der Waals surface area contributed by atoms with E-state index in [1.54, 1.807) is 0 Å². The van der Waals surface area contributed by atoms with E-state index in [0.29, 0.717) is 17.3 Å². The molecular formula is C21H26N2. The normalized spacial score (nSPS) is 28.0. The molecule has 5 rings (SSSR count). The van der Waals surface area contributed by atoms with Crippen molar-refractivity contribution in [2.45, 2.75) is 58.3 Å². The Kier molecular flexibility index (Phi) is 3.01. The molecule has 2 nitrogen and oxygen atoms in total. The van der Waals surface area contributed by atoms with Gasteiger partial charge in [0.1, 0.15) is 0 Å². The number of rotatable bonds is 2. The number of aromatic nitrogens is 2. The maximum atomic E-state index is 5.15. The number of hydrogen-bond donors (Lipinski definition) is 0. The van der Waals surface area contributed by atoms with Crippen LogP contribution in [-0.4, -0.2) is 9.97 Å². The van der Waals surface area contributed by atoms with Gasteiger partial charge >= 0.3 is 0 Å². The van der Waals surface area contributed by atoms with Crippen LogP contribution in [0.1, 0.15) is 75.5 Å². The van der Waals surface area contributed by atoms with Gasteiger partial charge in [-0.05, 0) is 61.3 Å². The molecule has 0 amide bonds. The second-order valence-electron chi connectivity index (χ2n) is 8.52. The zero-order chi connectivity index (χ0) is 16.4. The van der Waals surface area contributed by atoms with Gasteiger partial charge in [-0.3, -0.25) is 9.97 Å². The Morgan fingerprint density at radius 3 is 2.52 bits per heavy atom. The lowest BCUT2D eigenvalue weighted by molar-refractivity contribution is -0.00293. The fourth-order valence-electron chi connectivity index (χ4n) is 4.88. The summed E-state index contributed by atoms with van der Waals surface area (Å²) in [5, 5.41) is 0. The first-order valence-electron chi connectivity index (χ1n) is 8.76. The van der Waals surface area contributed by atoms with Crippen LogP contribution in [0.3, 0.4) is 0 Å². The summed E-state index contributed by atoms with van der Waals surface area (Å²) < 4.78 is 0. The van der Waals surface area contributed by atoms with Crippen molar-refractivity contribution in [2.75, 3.05) is 0 Å². The van der Waals surface area contributed by atoms with Crippen LogP contribution < -0.4 is 0 Å². The fraction of sp³-hybridized carbons (Fsp3) is 0.524. The average Bonchev–Trinajstić information content (AvgIpc) is 2.54. The van der Waals surface area contributed by atoms with Crippen LogP contribution >= 0.6 is 0 Å².